The quantitative estimate of drug-likeness (QED) is 0.856. The van der Waals surface area contributed by atoms with E-state index in [-0.39, 0.29) is 5.92 Å². The highest BCUT2D eigenvalue weighted by atomic mass is 35.5. The molecule has 0 heterocycles. The number of aliphatic carboxylic acids is 1. The molecule has 2 nitrogen and oxygen atoms in total. The van der Waals surface area contributed by atoms with Gasteiger partial charge in [-0.2, -0.15) is 0 Å². The van der Waals surface area contributed by atoms with E-state index in [1.54, 1.807) is 6.92 Å². The maximum Gasteiger partial charge on any atom is 0.306 e. The Morgan fingerprint density at radius 3 is 2.73 bits per heavy atom. The highest BCUT2D eigenvalue weighted by Crippen LogP contribution is 2.22. The number of carboxylic acid groups (broad SMARTS) is 1. The Morgan fingerprint density at radius 1 is 1.53 bits per heavy atom. The van der Waals surface area contributed by atoms with Gasteiger partial charge >= 0.3 is 5.97 Å². The third-order valence-electron chi connectivity index (χ3n) is 2.60. The number of halogens is 1. The molecule has 1 rings (SSSR count). The summed E-state index contributed by atoms with van der Waals surface area (Å²) in [6.45, 7) is 3.71. The second kappa shape index (κ2) is 5.17. The van der Waals surface area contributed by atoms with E-state index in [1.807, 2.05) is 25.1 Å². The summed E-state index contributed by atoms with van der Waals surface area (Å²) in [5, 5.41) is 9.49. The van der Waals surface area contributed by atoms with Crippen molar-refractivity contribution in [3.8, 4) is 0 Å². The monoisotopic (exact) mass is 226 g/mol. The predicted molar refractivity (Wildman–Crippen MR) is 61.3 cm³/mol. The van der Waals surface area contributed by atoms with Crippen molar-refractivity contribution in [1.82, 2.24) is 0 Å². The maximum atomic E-state index is 10.7. The minimum atomic E-state index is -0.750. The first kappa shape index (κ1) is 12.1. The van der Waals surface area contributed by atoms with Gasteiger partial charge in [0.25, 0.3) is 0 Å². The van der Waals surface area contributed by atoms with E-state index in [1.165, 1.54) is 0 Å². The molecule has 1 N–H and O–H groups in total. The van der Waals surface area contributed by atoms with Crippen molar-refractivity contribution < 1.29 is 9.90 Å². The predicted octanol–water partition coefficient (Wildman–Crippen LogP) is 3.30. The highest BCUT2D eigenvalue weighted by molar-refractivity contribution is 6.31. The van der Waals surface area contributed by atoms with Crippen molar-refractivity contribution in [3.05, 3.63) is 34.3 Å². The first-order chi connectivity index (χ1) is 7.02. The zero-order chi connectivity index (χ0) is 11.4. The lowest BCUT2D eigenvalue weighted by atomic mass is 9.98. The molecular weight excluding hydrogens is 212 g/mol. The van der Waals surface area contributed by atoms with Crippen molar-refractivity contribution >= 4 is 17.6 Å². The van der Waals surface area contributed by atoms with Crippen molar-refractivity contribution in [3.63, 3.8) is 0 Å². The molecule has 0 aromatic heterocycles. The zero-order valence-electron chi connectivity index (χ0n) is 8.96. The Balaban J connectivity index is 2.69. The van der Waals surface area contributed by atoms with Crippen LogP contribution in [0.4, 0.5) is 0 Å². The zero-order valence-corrected chi connectivity index (χ0v) is 9.71. The van der Waals surface area contributed by atoms with Crippen LogP contribution in [-0.2, 0) is 11.2 Å². The topological polar surface area (TPSA) is 37.3 Å². The summed E-state index contributed by atoms with van der Waals surface area (Å²) in [6, 6.07) is 5.74. The van der Waals surface area contributed by atoms with Gasteiger partial charge in [0.1, 0.15) is 0 Å². The molecule has 3 heteroatoms. The number of carbonyl (C=O) groups is 1. The van der Waals surface area contributed by atoms with E-state index in [9.17, 15) is 4.79 Å². The Kier molecular flexibility index (Phi) is 4.15. The third kappa shape index (κ3) is 3.24. The van der Waals surface area contributed by atoms with E-state index < -0.39 is 5.97 Å². The lowest BCUT2D eigenvalue weighted by molar-refractivity contribution is -0.141. The Hall–Kier alpha value is -1.02. The van der Waals surface area contributed by atoms with Gasteiger partial charge in [-0.05, 0) is 37.0 Å². The van der Waals surface area contributed by atoms with Crippen LogP contribution < -0.4 is 0 Å². The molecule has 0 fully saturated rings. The van der Waals surface area contributed by atoms with Gasteiger partial charge in [0, 0.05) is 5.02 Å². The fourth-order valence-corrected chi connectivity index (χ4v) is 1.78. The van der Waals surface area contributed by atoms with E-state index in [0.717, 1.165) is 22.6 Å². The maximum absolute atomic E-state index is 10.7. The van der Waals surface area contributed by atoms with E-state index in [0.29, 0.717) is 6.42 Å². The number of carboxylic acids is 1. The van der Waals surface area contributed by atoms with Crippen LogP contribution in [0.15, 0.2) is 18.2 Å². The van der Waals surface area contributed by atoms with Gasteiger partial charge in [-0.15, -0.1) is 0 Å². The normalized spacial score (nSPS) is 12.5. The molecule has 0 aliphatic rings. The van der Waals surface area contributed by atoms with Crippen LogP contribution in [0.5, 0.6) is 0 Å². The molecule has 0 radical (unpaired) electrons. The van der Waals surface area contributed by atoms with Gasteiger partial charge < -0.3 is 5.11 Å². The standard InChI is InChI=1S/C12H15ClO2/c1-8-4-3-5-11(13)10(8)7-6-9(2)12(14)15/h3-5,9H,6-7H2,1-2H3,(H,14,15). The van der Waals surface area contributed by atoms with Gasteiger partial charge in [-0.3, -0.25) is 4.79 Å². The van der Waals surface area contributed by atoms with Crippen LogP contribution in [0.25, 0.3) is 0 Å². The molecule has 0 saturated carbocycles. The second-order valence-electron chi connectivity index (χ2n) is 3.81. The number of hydrogen-bond acceptors (Lipinski definition) is 1. The summed E-state index contributed by atoms with van der Waals surface area (Å²) >= 11 is 6.05. The fourth-order valence-electron chi connectivity index (χ4n) is 1.47. The highest BCUT2D eigenvalue weighted by Gasteiger charge is 2.12. The average molecular weight is 227 g/mol. The van der Waals surface area contributed by atoms with E-state index in [2.05, 4.69) is 0 Å². The molecule has 0 spiro atoms. The molecule has 1 aromatic rings. The van der Waals surface area contributed by atoms with Crippen LogP contribution >= 0.6 is 11.6 Å². The average Bonchev–Trinajstić information content (AvgIpc) is 2.16. The minimum Gasteiger partial charge on any atom is -0.481 e. The second-order valence-corrected chi connectivity index (χ2v) is 4.22. The van der Waals surface area contributed by atoms with Gasteiger partial charge in [0.15, 0.2) is 0 Å². The smallest absolute Gasteiger partial charge is 0.306 e. The molecule has 1 aromatic carbocycles. The minimum absolute atomic E-state index is 0.319. The molecule has 82 valence electrons. The lowest BCUT2D eigenvalue weighted by Gasteiger charge is -2.10. The molecule has 0 aliphatic heterocycles. The fraction of sp³-hybridized carbons (Fsp3) is 0.417. The number of rotatable bonds is 4. The van der Waals surface area contributed by atoms with Crippen molar-refractivity contribution in [2.75, 3.05) is 0 Å². The van der Waals surface area contributed by atoms with Gasteiger partial charge in [0.05, 0.1) is 5.92 Å². The van der Waals surface area contributed by atoms with E-state index in [4.69, 9.17) is 16.7 Å². The van der Waals surface area contributed by atoms with Gasteiger partial charge in [-0.1, -0.05) is 30.7 Å². The summed E-state index contributed by atoms with van der Waals surface area (Å²) in [5.74, 6) is -1.07. The van der Waals surface area contributed by atoms with Gasteiger partial charge in [0.2, 0.25) is 0 Å². The molecule has 1 unspecified atom stereocenters. The first-order valence-electron chi connectivity index (χ1n) is 4.99. The Labute approximate surface area is 94.9 Å². The summed E-state index contributed by atoms with van der Waals surface area (Å²) in [6.07, 6.45) is 1.35. The number of aryl methyl sites for hydroxylation is 1. The molecule has 0 aliphatic carbocycles. The molecule has 15 heavy (non-hydrogen) atoms. The Morgan fingerprint density at radius 2 is 2.20 bits per heavy atom. The van der Waals surface area contributed by atoms with Crippen molar-refractivity contribution in [1.29, 1.82) is 0 Å². The number of hydrogen-bond donors (Lipinski definition) is 1. The van der Waals surface area contributed by atoms with Crippen LogP contribution in [0, 0.1) is 12.8 Å². The molecule has 1 atom stereocenters. The van der Waals surface area contributed by atoms with Crippen LogP contribution in [0.1, 0.15) is 24.5 Å². The molecular formula is C12H15ClO2. The summed E-state index contributed by atoms with van der Waals surface area (Å²) in [4.78, 5) is 10.7. The Bertz CT molecular complexity index is 340. The SMILES string of the molecule is Cc1cccc(Cl)c1CCC(C)C(=O)O. The molecule has 0 saturated heterocycles. The third-order valence-corrected chi connectivity index (χ3v) is 2.96. The molecule has 0 amide bonds. The van der Waals surface area contributed by atoms with Crippen LogP contribution in [0.2, 0.25) is 5.02 Å². The van der Waals surface area contributed by atoms with Crippen molar-refractivity contribution in [2.24, 2.45) is 5.92 Å². The van der Waals surface area contributed by atoms with Crippen LogP contribution in [-0.4, -0.2) is 11.1 Å². The first-order valence-corrected chi connectivity index (χ1v) is 5.37. The lowest BCUT2D eigenvalue weighted by Crippen LogP contribution is -2.10. The van der Waals surface area contributed by atoms with Crippen molar-refractivity contribution in [2.45, 2.75) is 26.7 Å². The summed E-state index contributed by atoms with van der Waals surface area (Å²) in [5.41, 5.74) is 2.19. The molecule has 0 bridgehead atoms. The summed E-state index contributed by atoms with van der Waals surface area (Å²) < 4.78 is 0. The largest absolute Gasteiger partial charge is 0.481 e. The summed E-state index contributed by atoms with van der Waals surface area (Å²) in [7, 11) is 0. The van der Waals surface area contributed by atoms with Crippen LogP contribution in [0.3, 0.4) is 0 Å². The number of benzene rings is 1. The van der Waals surface area contributed by atoms with E-state index >= 15 is 0 Å². The van der Waals surface area contributed by atoms with Gasteiger partial charge in [-0.25, -0.2) is 0 Å².